The van der Waals surface area contributed by atoms with Crippen LogP contribution in [-0.2, 0) is 17.9 Å². The van der Waals surface area contributed by atoms with Crippen molar-refractivity contribution in [3.8, 4) is 11.3 Å². The first kappa shape index (κ1) is 23.1. The summed E-state index contributed by atoms with van der Waals surface area (Å²) in [5.74, 6) is 1.43. The first-order chi connectivity index (χ1) is 15.8. The van der Waals surface area contributed by atoms with E-state index in [9.17, 15) is 0 Å². The van der Waals surface area contributed by atoms with Crippen LogP contribution in [-0.4, -0.2) is 63.1 Å². The molecule has 9 nitrogen and oxygen atoms in total. The second-order valence-electron chi connectivity index (χ2n) is 7.85. The van der Waals surface area contributed by atoms with Crippen molar-refractivity contribution in [1.29, 1.82) is 0 Å². The number of nitrogens with one attached hydrogen (secondary N) is 3. The van der Waals surface area contributed by atoms with Gasteiger partial charge in [-0.15, -0.1) is 12.4 Å². The molecule has 0 unspecified atom stereocenters. The van der Waals surface area contributed by atoms with E-state index in [1.807, 2.05) is 30.5 Å². The number of anilines is 2. The fourth-order valence-electron chi connectivity index (χ4n) is 3.90. The van der Waals surface area contributed by atoms with Crippen LogP contribution in [0.2, 0.25) is 0 Å². The predicted octanol–water partition coefficient (Wildman–Crippen LogP) is 3.13. The minimum atomic E-state index is 0. The Morgan fingerprint density at radius 2 is 1.94 bits per heavy atom. The lowest BCUT2D eigenvalue weighted by Crippen LogP contribution is -2.42. The summed E-state index contributed by atoms with van der Waals surface area (Å²) in [5.41, 5.74) is 5.71. The number of benzene rings is 1. The molecule has 5 rings (SSSR count). The van der Waals surface area contributed by atoms with Gasteiger partial charge in [0.15, 0.2) is 0 Å². The topological polar surface area (TPSA) is 104 Å². The molecule has 0 radical (unpaired) electrons. The number of halogens is 1. The van der Waals surface area contributed by atoms with E-state index < -0.39 is 0 Å². The summed E-state index contributed by atoms with van der Waals surface area (Å²) in [4.78, 5) is 23.5. The number of H-pyrrole nitrogens is 1. The lowest BCUT2D eigenvalue weighted by atomic mass is 10.1. The number of ether oxygens (including phenoxy) is 1. The molecule has 0 atom stereocenters. The maximum Gasteiger partial charge on any atom is 0.206 e. The molecule has 0 aliphatic carbocycles. The highest BCUT2D eigenvalue weighted by Crippen LogP contribution is 2.24. The SMILES string of the molecule is COCc1cc(-c2ccc3nc(Nc4cc(CN5CCNCC5)ccn4)[nH]c3c2)ncn1.Cl. The van der Waals surface area contributed by atoms with E-state index in [4.69, 9.17) is 4.74 Å². The van der Waals surface area contributed by atoms with E-state index in [-0.39, 0.29) is 12.4 Å². The smallest absolute Gasteiger partial charge is 0.206 e. The molecule has 4 heterocycles. The zero-order valence-electron chi connectivity index (χ0n) is 18.4. The zero-order valence-corrected chi connectivity index (χ0v) is 19.2. The van der Waals surface area contributed by atoms with Crippen LogP contribution < -0.4 is 10.6 Å². The Bertz CT molecular complexity index is 1210. The van der Waals surface area contributed by atoms with Gasteiger partial charge in [0.05, 0.1) is 29.0 Å². The third kappa shape index (κ3) is 5.63. The lowest BCUT2D eigenvalue weighted by Gasteiger charge is -2.27. The van der Waals surface area contributed by atoms with E-state index in [2.05, 4.69) is 52.6 Å². The van der Waals surface area contributed by atoms with Crippen LogP contribution in [0.1, 0.15) is 11.3 Å². The van der Waals surface area contributed by atoms with Gasteiger partial charge in [-0.05, 0) is 35.9 Å². The molecule has 1 aliphatic heterocycles. The Labute approximate surface area is 198 Å². The summed E-state index contributed by atoms with van der Waals surface area (Å²) in [6, 6.07) is 12.1. The fourth-order valence-corrected chi connectivity index (χ4v) is 3.90. The van der Waals surface area contributed by atoms with Gasteiger partial charge in [0, 0.05) is 51.6 Å². The van der Waals surface area contributed by atoms with Crippen molar-refractivity contribution in [3.63, 3.8) is 0 Å². The third-order valence-electron chi connectivity index (χ3n) is 5.48. The summed E-state index contributed by atoms with van der Waals surface area (Å²) in [7, 11) is 1.66. The minimum absolute atomic E-state index is 0. The number of rotatable bonds is 7. The highest BCUT2D eigenvalue weighted by atomic mass is 35.5. The second kappa shape index (κ2) is 10.7. The van der Waals surface area contributed by atoms with Crippen molar-refractivity contribution in [3.05, 3.63) is 60.2 Å². The Balaban J connectivity index is 0.00000259. The summed E-state index contributed by atoms with van der Waals surface area (Å²) in [5, 5.41) is 6.69. The first-order valence-electron chi connectivity index (χ1n) is 10.7. The quantitative estimate of drug-likeness (QED) is 0.381. The number of hydrogen-bond donors (Lipinski definition) is 3. The van der Waals surface area contributed by atoms with Crippen molar-refractivity contribution in [1.82, 2.24) is 35.1 Å². The fraction of sp³-hybridized carbons (Fsp3) is 0.304. The van der Waals surface area contributed by atoms with Gasteiger partial charge in [-0.3, -0.25) is 4.90 Å². The van der Waals surface area contributed by atoms with E-state index in [0.717, 1.165) is 66.5 Å². The van der Waals surface area contributed by atoms with Crippen LogP contribution in [0.4, 0.5) is 11.8 Å². The number of imidazole rings is 1. The molecule has 3 N–H and O–H groups in total. The van der Waals surface area contributed by atoms with Gasteiger partial charge < -0.3 is 20.4 Å². The summed E-state index contributed by atoms with van der Waals surface area (Å²) in [6.07, 6.45) is 3.40. The van der Waals surface area contributed by atoms with Gasteiger partial charge in [0.1, 0.15) is 12.1 Å². The number of aromatic amines is 1. The van der Waals surface area contributed by atoms with Gasteiger partial charge in [-0.1, -0.05) is 6.07 Å². The summed E-state index contributed by atoms with van der Waals surface area (Å²) >= 11 is 0. The second-order valence-corrected chi connectivity index (χ2v) is 7.85. The monoisotopic (exact) mass is 466 g/mol. The normalized spacial score (nSPS) is 14.2. The molecule has 0 saturated carbocycles. The van der Waals surface area contributed by atoms with Gasteiger partial charge >= 0.3 is 0 Å². The number of aromatic nitrogens is 5. The highest BCUT2D eigenvalue weighted by molar-refractivity contribution is 5.85. The molecule has 1 aromatic carbocycles. The molecule has 3 aromatic heterocycles. The average Bonchev–Trinajstić information content (AvgIpc) is 3.22. The van der Waals surface area contributed by atoms with E-state index in [1.165, 1.54) is 5.56 Å². The molecular weight excluding hydrogens is 440 g/mol. The van der Waals surface area contributed by atoms with E-state index in [0.29, 0.717) is 12.6 Å². The predicted molar refractivity (Wildman–Crippen MR) is 131 cm³/mol. The number of hydrogen-bond acceptors (Lipinski definition) is 8. The molecule has 172 valence electrons. The summed E-state index contributed by atoms with van der Waals surface area (Å²) in [6.45, 7) is 5.59. The molecule has 1 aliphatic rings. The maximum absolute atomic E-state index is 5.17. The van der Waals surface area contributed by atoms with Gasteiger partial charge in [0.25, 0.3) is 0 Å². The van der Waals surface area contributed by atoms with Crippen molar-refractivity contribution in [2.45, 2.75) is 13.2 Å². The van der Waals surface area contributed by atoms with Crippen LogP contribution in [0.15, 0.2) is 48.9 Å². The molecule has 0 amide bonds. The van der Waals surface area contributed by atoms with Crippen molar-refractivity contribution in [2.24, 2.45) is 0 Å². The van der Waals surface area contributed by atoms with Gasteiger partial charge in [0.2, 0.25) is 5.95 Å². The number of methoxy groups -OCH3 is 1. The minimum Gasteiger partial charge on any atom is -0.378 e. The Kier molecular flexibility index (Phi) is 7.46. The maximum atomic E-state index is 5.17. The number of fused-ring (bicyclic) bond motifs is 1. The van der Waals surface area contributed by atoms with E-state index in [1.54, 1.807) is 13.4 Å². The summed E-state index contributed by atoms with van der Waals surface area (Å²) < 4.78 is 5.17. The first-order valence-corrected chi connectivity index (χ1v) is 10.7. The zero-order chi connectivity index (χ0) is 21.8. The molecule has 4 aromatic rings. The van der Waals surface area contributed by atoms with E-state index >= 15 is 0 Å². The standard InChI is InChI=1S/C23H26N8O.ClH/c1-32-14-18-12-20(27-15-26-18)17-2-3-19-21(11-17)29-23(28-19)30-22-10-16(4-5-25-22)13-31-8-6-24-7-9-31;/h2-5,10-12,15,24H,6-9,13-14H2,1H3,(H2,25,28,29,30);1H. The third-order valence-corrected chi connectivity index (χ3v) is 5.48. The molecule has 33 heavy (non-hydrogen) atoms. The number of piperazine rings is 1. The average molecular weight is 467 g/mol. The largest absolute Gasteiger partial charge is 0.378 e. The molecule has 0 spiro atoms. The Hall–Kier alpha value is -3.11. The van der Waals surface area contributed by atoms with Crippen molar-refractivity contribution in [2.75, 3.05) is 38.6 Å². The van der Waals surface area contributed by atoms with Gasteiger partial charge in [-0.25, -0.2) is 19.9 Å². The van der Waals surface area contributed by atoms with Crippen LogP contribution >= 0.6 is 12.4 Å². The van der Waals surface area contributed by atoms with Crippen molar-refractivity contribution < 1.29 is 4.74 Å². The van der Waals surface area contributed by atoms with Crippen molar-refractivity contribution >= 4 is 35.2 Å². The number of nitrogens with zero attached hydrogens (tertiary/aromatic N) is 5. The Morgan fingerprint density at radius 3 is 2.79 bits per heavy atom. The highest BCUT2D eigenvalue weighted by Gasteiger charge is 2.11. The lowest BCUT2D eigenvalue weighted by molar-refractivity contribution is 0.181. The number of pyridine rings is 1. The molecule has 1 fully saturated rings. The van der Waals surface area contributed by atoms with Gasteiger partial charge in [-0.2, -0.15) is 0 Å². The molecule has 1 saturated heterocycles. The van der Waals surface area contributed by atoms with Crippen LogP contribution in [0.5, 0.6) is 0 Å². The van der Waals surface area contributed by atoms with Crippen LogP contribution in [0.25, 0.3) is 22.3 Å². The Morgan fingerprint density at radius 1 is 1.06 bits per heavy atom. The molecule has 0 bridgehead atoms. The van der Waals surface area contributed by atoms with Crippen LogP contribution in [0.3, 0.4) is 0 Å². The molecule has 10 heteroatoms. The van der Waals surface area contributed by atoms with Crippen LogP contribution in [0, 0.1) is 0 Å². The molecular formula is C23H27ClN8O.